The standard InChI is InChI=1S/C19H18F4N2OS/c1-11-17(10-26-15-7-4-13(9-24)16(20)8-15)27-18(25-11)12-2-5-14(6-3-12)19(21,22)23/h4,7-8,12,14H,2-3,5-6,10H2,1H3. The van der Waals surface area contributed by atoms with Gasteiger partial charge in [-0.1, -0.05) is 0 Å². The molecule has 0 atom stereocenters. The molecule has 0 amide bonds. The van der Waals surface area contributed by atoms with Crippen molar-refractivity contribution in [2.24, 2.45) is 5.92 Å². The Labute approximate surface area is 158 Å². The van der Waals surface area contributed by atoms with Crippen LogP contribution in [0.1, 0.15) is 52.7 Å². The minimum absolute atomic E-state index is 0.0481. The van der Waals surface area contributed by atoms with E-state index < -0.39 is 17.9 Å². The van der Waals surface area contributed by atoms with E-state index in [0.29, 0.717) is 18.6 Å². The Kier molecular flexibility index (Phi) is 5.70. The first-order valence-electron chi connectivity index (χ1n) is 8.63. The van der Waals surface area contributed by atoms with Gasteiger partial charge in [0.15, 0.2) is 0 Å². The Balaban J connectivity index is 1.62. The van der Waals surface area contributed by atoms with Crippen LogP contribution in [0.5, 0.6) is 5.75 Å². The van der Waals surface area contributed by atoms with Crippen molar-refractivity contribution in [3.63, 3.8) is 0 Å². The summed E-state index contributed by atoms with van der Waals surface area (Å²) in [7, 11) is 0. The molecule has 27 heavy (non-hydrogen) atoms. The summed E-state index contributed by atoms with van der Waals surface area (Å²) in [4.78, 5) is 5.39. The SMILES string of the molecule is Cc1nc(C2CCC(C(F)(F)F)CC2)sc1COc1ccc(C#N)c(F)c1. The Hall–Kier alpha value is -2.14. The van der Waals surface area contributed by atoms with E-state index in [1.165, 1.54) is 23.5 Å². The van der Waals surface area contributed by atoms with E-state index in [4.69, 9.17) is 10.00 Å². The molecule has 1 aliphatic carbocycles. The number of nitriles is 1. The maximum atomic E-state index is 13.6. The number of rotatable bonds is 4. The molecule has 1 fully saturated rings. The molecule has 1 saturated carbocycles. The number of hydrogen-bond acceptors (Lipinski definition) is 4. The van der Waals surface area contributed by atoms with E-state index in [1.54, 1.807) is 6.07 Å². The first-order chi connectivity index (χ1) is 12.8. The van der Waals surface area contributed by atoms with Gasteiger partial charge in [-0.2, -0.15) is 18.4 Å². The summed E-state index contributed by atoms with van der Waals surface area (Å²) in [5.41, 5.74) is 0.732. The third-order valence-corrected chi connectivity index (χ3v) is 6.17. The van der Waals surface area contributed by atoms with Crippen LogP contribution in [-0.2, 0) is 6.61 Å². The Morgan fingerprint density at radius 3 is 2.56 bits per heavy atom. The molecule has 2 aromatic rings. The lowest BCUT2D eigenvalue weighted by molar-refractivity contribution is -0.182. The zero-order valence-electron chi connectivity index (χ0n) is 14.6. The van der Waals surface area contributed by atoms with Gasteiger partial charge in [0.25, 0.3) is 0 Å². The second kappa shape index (κ2) is 7.85. The summed E-state index contributed by atoms with van der Waals surface area (Å²) in [6.07, 6.45) is -2.86. The van der Waals surface area contributed by atoms with Gasteiger partial charge in [0.05, 0.1) is 27.1 Å². The zero-order chi connectivity index (χ0) is 19.6. The van der Waals surface area contributed by atoms with Gasteiger partial charge < -0.3 is 4.74 Å². The van der Waals surface area contributed by atoms with Crippen molar-refractivity contribution >= 4 is 11.3 Å². The van der Waals surface area contributed by atoms with E-state index in [0.717, 1.165) is 21.6 Å². The highest BCUT2D eigenvalue weighted by Crippen LogP contribution is 2.44. The van der Waals surface area contributed by atoms with Gasteiger partial charge >= 0.3 is 6.18 Å². The quantitative estimate of drug-likeness (QED) is 0.605. The van der Waals surface area contributed by atoms with Crippen molar-refractivity contribution in [3.8, 4) is 11.8 Å². The molecule has 0 N–H and O–H groups in total. The lowest BCUT2D eigenvalue weighted by atomic mass is 9.82. The van der Waals surface area contributed by atoms with Gasteiger partial charge in [0.2, 0.25) is 0 Å². The van der Waals surface area contributed by atoms with Crippen molar-refractivity contribution < 1.29 is 22.3 Å². The van der Waals surface area contributed by atoms with Gasteiger partial charge in [0.1, 0.15) is 24.2 Å². The summed E-state index contributed by atoms with van der Waals surface area (Å²) in [6.45, 7) is 2.03. The predicted molar refractivity (Wildman–Crippen MR) is 93.1 cm³/mol. The number of nitrogens with zero attached hydrogens (tertiary/aromatic N) is 2. The molecular formula is C19H18F4N2OS. The van der Waals surface area contributed by atoms with Gasteiger partial charge in [0, 0.05) is 12.0 Å². The predicted octanol–water partition coefficient (Wildman–Crippen LogP) is 5.88. The van der Waals surface area contributed by atoms with Crippen molar-refractivity contribution in [1.82, 2.24) is 4.98 Å². The number of hydrogen-bond donors (Lipinski definition) is 0. The third-order valence-electron chi connectivity index (χ3n) is 4.88. The fraction of sp³-hybridized carbons (Fsp3) is 0.474. The average molecular weight is 398 g/mol. The molecule has 0 radical (unpaired) electrons. The minimum atomic E-state index is -4.11. The second-order valence-corrected chi connectivity index (χ2v) is 7.81. The first-order valence-corrected chi connectivity index (χ1v) is 9.45. The summed E-state index contributed by atoms with van der Waals surface area (Å²) >= 11 is 1.44. The van der Waals surface area contributed by atoms with Crippen LogP contribution in [0.3, 0.4) is 0 Å². The number of alkyl halides is 3. The van der Waals surface area contributed by atoms with Crippen molar-refractivity contribution in [3.05, 3.63) is 45.2 Å². The fourth-order valence-electron chi connectivity index (χ4n) is 3.25. The molecule has 0 aliphatic heterocycles. The highest BCUT2D eigenvalue weighted by Gasteiger charge is 2.42. The average Bonchev–Trinajstić information content (AvgIpc) is 3.00. The minimum Gasteiger partial charge on any atom is -0.488 e. The summed E-state index contributed by atoms with van der Waals surface area (Å²) < 4.78 is 57.6. The monoisotopic (exact) mass is 398 g/mol. The zero-order valence-corrected chi connectivity index (χ0v) is 15.5. The van der Waals surface area contributed by atoms with E-state index in [-0.39, 0.29) is 30.9 Å². The maximum absolute atomic E-state index is 13.6. The largest absolute Gasteiger partial charge is 0.488 e. The Morgan fingerprint density at radius 1 is 1.26 bits per heavy atom. The van der Waals surface area contributed by atoms with Crippen molar-refractivity contribution in [1.29, 1.82) is 5.26 Å². The molecule has 1 aliphatic rings. The van der Waals surface area contributed by atoms with Crippen LogP contribution in [0.25, 0.3) is 0 Å². The molecule has 1 heterocycles. The molecule has 3 nitrogen and oxygen atoms in total. The van der Waals surface area contributed by atoms with Gasteiger partial charge in [-0.15, -0.1) is 11.3 Å². The van der Waals surface area contributed by atoms with Crippen LogP contribution in [0.2, 0.25) is 0 Å². The smallest absolute Gasteiger partial charge is 0.391 e. The molecule has 0 unspecified atom stereocenters. The second-order valence-electron chi connectivity index (χ2n) is 6.69. The molecule has 0 spiro atoms. The molecular weight excluding hydrogens is 380 g/mol. The topological polar surface area (TPSA) is 45.9 Å². The number of ether oxygens (including phenoxy) is 1. The number of aromatic nitrogens is 1. The maximum Gasteiger partial charge on any atom is 0.391 e. The molecule has 3 rings (SSSR count). The van der Waals surface area contributed by atoms with Crippen molar-refractivity contribution in [2.45, 2.75) is 51.3 Å². The summed E-state index contributed by atoms with van der Waals surface area (Å²) in [5.74, 6) is -1.48. The fourth-order valence-corrected chi connectivity index (χ4v) is 4.40. The van der Waals surface area contributed by atoms with Gasteiger partial charge in [-0.3, -0.25) is 0 Å². The Morgan fingerprint density at radius 2 is 1.96 bits per heavy atom. The van der Waals surface area contributed by atoms with E-state index >= 15 is 0 Å². The number of thiazole rings is 1. The molecule has 144 valence electrons. The van der Waals surface area contributed by atoms with E-state index in [2.05, 4.69) is 4.98 Å². The third kappa shape index (κ3) is 4.59. The summed E-state index contributed by atoms with van der Waals surface area (Å²) in [5, 5.41) is 9.59. The van der Waals surface area contributed by atoms with Crippen LogP contribution in [0, 0.1) is 30.0 Å². The molecule has 1 aromatic carbocycles. The number of benzene rings is 1. The van der Waals surface area contributed by atoms with Crippen molar-refractivity contribution in [2.75, 3.05) is 0 Å². The van der Waals surface area contributed by atoms with E-state index in [1.807, 2.05) is 6.92 Å². The van der Waals surface area contributed by atoms with Crippen LogP contribution in [0.4, 0.5) is 17.6 Å². The van der Waals surface area contributed by atoms with Gasteiger partial charge in [-0.05, 0) is 44.7 Å². The Bertz CT molecular complexity index is 848. The number of aryl methyl sites for hydroxylation is 1. The lowest BCUT2D eigenvalue weighted by Gasteiger charge is -2.28. The molecule has 1 aromatic heterocycles. The van der Waals surface area contributed by atoms with E-state index in [9.17, 15) is 17.6 Å². The lowest BCUT2D eigenvalue weighted by Crippen LogP contribution is -2.27. The van der Waals surface area contributed by atoms with Crippen LogP contribution in [0.15, 0.2) is 18.2 Å². The summed E-state index contributed by atoms with van der Waals surface area (Å²) in [6, 6.07) is 5.79. The van der Waals surface area contributed by atoms with Crippen LogP contribution in [-0.4, -0.2) is 11.2 Å². The molecule has 0 bridgehead atoms. The van der Waals surface area contributed by atoms with Crippen LogP contribution < -0.4 is 4.74 Å². The molecule has 8 heteroatoms. The van der Waals surface area contributed by atoms with Crippen LogP contribution >= 0.6 is 11.3 Å². The number of halogens is 4. The highest BCUT2D eigenvalue weighted by molar-refractivity contribution is 7.11. The first kappa shape index (κ1) is 19.6. The molecule has 0 saturated heterocycles. The normalized spacial score (nSPS) is 20.3. The van der Waals surface area contributed by atoms with Gasteiger partial charge in [-0.25, -0.2) is 9.37 Å². The highest BCUT2D eigenvalue weighted by atomic mass is 32.1.